The van der Waals surface area contributed by atoms with E-state index in [9.17, 15) is 14.3 Å². The van der Waals surface area contributed by atoms with Gasteiger partial charge in [0.25, 0.3) is 0 Å². The quantitative estimate of drug-likeness (QED) is 0.369. The third-order valence-electron chi connectivity index (χ3n) is 6.17. The molecule has 12 heteroatoms. The fourth-order valence-electron chi connectivity index (χ4n) is 4.10. The number of aliphatic hydroxyl groups is 1. The highest BCUT2D eigenvalue weighted by Gasteiger charge is 2.37. The molecule has 1 aliphatic carbocycles. The lowest BCUT2D eigenvalue weighted by atomic mass is 9.73. The van der Waals surface area contributed by atoms with Crippen LogP contribution in [-0.4, -0.2) is 37.1 Å². The number of primary amides is 1. The molecular formula is C22H24Cl2FN7O2. The average Bonchev–Trinajstić information content (AvgIpc) is 3.14. The lowest BCUT2D eigenvalue weighted by Gasteiger charge is -2.35. The molecule has 9 nitrogen and oxygen atoms in total. The molecule has 4 rings (SSSR count). The zero-order chi connectivity index (χ0) is 24.6. The number of amides is 1. The Balaban J connectivity index is 1.78. The fraction of sp³-hybridized carbons (Fsp3) is 0.364. The fourth-order valence-corrected chi connectivity index (χ4v) is 4.62. The largest absolute Gasteiger partial charge is 0.390 e. The molecule has 180 valence electrons. The molecule has 1 fully saturated rings. The zero-order valence-corrected chi connectivity index (χ0v) is 19.9. The molecule has 2 heterocycles. The molecule has 0 atom stereocenters. The van der Waals surface area contributed by atoms with Gasteiger partial charge >= 0.3 is 0 Å². The van der Waals surface area contributed by atoms with Crippen LogP contribution in [0.15, 0.2) is 30.6 Å². The summed E-state index contributed by atoms with van der Waals surface area (Å²) in [5, 5.41) is 15.4. The number of hydrogen-bond donors (Lipinski definition) is 4. The first-order valence-corrected chi connectivity index (χ1v) is 11.4. The lowest BCUT2D eigenvalue weighted by Crippen LogP contribution is -2.38. The first-order valence-electron chi connectivity index (χ1n) is 10.6. The van der Waals surface area contributed by atoms with E-state index in [4.69, 9.17) is 28.9 Å². The van der Waals surface area contributed by atoms with Crippen LogP contribution in [0.5, 0.6) is 0 Å². The Labute approximate surface area is 205 Å². The van der Waals surface area contributed by atoms with Gasteiger partial charge in [-0.3, -0.25) is 9.36 Å². The summed E-state index contributed by atoms with van der Waals surface area (Å²) in [5.41, 5.74) is 6.34. The maximum Gasteiger partial charge on any atom is 0.229 e. The number of hydrogen-bond acceptors (Lipinski definition) is 7. The van der Waals surface area contributed by atoms with Crippen molar-refractivity contribution >= 4 is 57.9 Å². The molecule has 1 aliphatic rings. The molecular weight excluding hydrogens is 484 g/mol. The maximum atomic E-state index is 14.7. The number of benzene rings is 1. The molecule has 34 heavy (non-hydrogen) atoms. The number of nitrogens with one attached hydrogen (secondary N) is 2. The molecule has 0 bridgehead atoms. The van der Waals surface area contributed by atoms with E-state index in [2.05, 4.69) is 32.2 Å². The van der Waals surface area contributed by atoms with Gasteiger partial charge in [-0.15, -0.1) is 0 Å². The van der Waals surface area contributed by atoms with Crippen molar-refractivity contribution in [2.45, 2.75) is 38.6 Å². The number of carbonyl (C=O) groups excluding carboxylic acids is 1. The third-order valence-corrected chi connectivity index (χ3v) is 6.69. The van der Waals surface area contributed by atoms with Gasteiger partial charge in [0, 0.05) is 22.2 Å². The number of halogens is 3. The summed E-state index contributed by atoms with van der Waals surface area (Å²) in [6.07, 6.45) is 3.95. The molecule has 3 aromatic rings. The van der Waals surface area contributed by atoms with E-state index in [1.54, 1.807) is 0 Å². The van der Waals surface area contributed by atoms with Crippen molar-refractivity contribution in [3.05, 3.63) is 46.5 Å². The smallest absolute Gasteiger partial charge is 0.229 e. The summed E-state index contributed by atoms with van der Waals surface area (Å²) in [7, 11) is 0. The van der Waals surface area contributed by atoms with E-state index in [0.717, 1.165) is 6.07 Å². The Bertz CT molecular complexity index is 1250. The normalized spacial score (nSPS) is 20.3. The van der Waals surface area contributed by atoms with Crippen molar-refractivity contribution < 1.29 is 14.3 Å². The number of nitrogens with two attached hydrogens (primary N) is 1. The number of carbonyl (C=O) groups is 1. The van der Waals surface area contributed by atoms with E-state index >= 15 is 0 Å². The van der Waals surface area contributed by atoms with Gasteiger partial charge in [-0.25, -0.2) is 14.4 Å². The summed E-state index contributed by atoms with van der Waals surface area (Å²) < 4.78 is 16.5. The molecule has 1 amide bonds. The topological polar surface area (TPSA) is 131 Å². The van der Waals surface area contributed by atoms with Crippen molar-refractivity contribution in [1.82, 2.24) is 19.5 Å². The molecule has 0 saturated heterocycles. The second-order valence-corrected chi connectivity index (χ2v) is 9.46. The number of rotatable bonds is 7. The number of fused-ring (bicyclic) bond motifs is 1. The van der Waals surface area contributed by atoms with Crippen LogP contribution in [0.1, 0.15) is 38.6 Å². The van der Waals surface area contributed by atoms with Crippen molar-refractivity contribution in [1.29, 1.82) is 0 Å². The van der Waals surface area contributed by atoms with Gasteiger partial charge in [-0.05, 0) is 37.8 Å². The standard InChI is InChI=1S/C22H24Cl2FN7O2/c1-11(10-33)28-20-27-9-16-18(31-20)32(13-3-5-22(2,6-4-13)19(26)34)21(29-16)30-17-14(24)7-12(23)8-15(17)25/h7-9,13,33H,1,3-6,10H2,2H3,(H2,26,34)(H,29,30)(H,27,28,31). The molecule has 1 saturated carbocycles. The molecule has 0 spiro atoms. The molecule has 5 N–H and O–H groups in total. The second kappa shape index (κ2) is 9.36. The maximum absolute atomic E-state index is 14.7. The van der Waals surface area contributed by atoms with Crippen molar-refractivity contribution in [3.8, 4) is 0 Å². The van der Waals surface area contributed by atoms with Crippen LogP contribution < -0.4 is 16.4 Å². The molecule has 0 radical (unpaired) electrons. The highest BCUT2D eigenvalue weighted by Crippen LogP contribution is 2.43. The number of nitrogens with zero attached hydrogens (tertiary/aromatic N) is 4. The Hall–Kier alpha value is -2.95. The Morgan fingerprint density at radius 1 is 1.35 bits per heavy atom. The minimum Gasteiger partial charge on any atom is -0.390 e. The van der Waals surface area contributed by atoms with E-state index in [-0.39, 0.29) is 40.2 Å². The van der Waals surface area contributed by atoms with E-state index in [0.29, 0.717) is 48.5 Å². The van der Waals surface area contributed by atoms with Gasteiger partial charge in [-0.2, -0.15) is 4.98 Å². The predicted molar refractivity (Wildman–Crippen MR) is 130 cm³/mol. The average molecular weight is 508 g/mol. The SMILES string of the molecule is C=C(CO)Nc1ncc2nc(Nc3c(F)cc(Cl)cc3Cl)n(C3CCC(C)(C(N)=O)CC3)c2n1. The Morgan fingerprint density at radius 3 is 2.68 bits per heavy atom. The van der Waals surface area contributed by atoms with Crippen LogP contribution in [0.4, 0.5) is 22.0 Å². The number of anilines is 3. The monoisotopic (exact) mass is 507 g/mol. The van der Waals surface area contributed by atoms with Crippen LogP contribution in [0.3, 0.4) is 0 Å². The predicted octanol–water partition coefficient (Wildman–Crippen LogP) is 4.54. The summed E-state index contributed by atoms with van der Waals surface area (Å²) in [6.45, 7) is 5.28. The van der Waals surface area contributed by atoms with Crippen LogP contribution in [0.25, 0.3) is 11.2 Å². The zero-order valence-electron chi connectivity index (χ0n) is 18.4. The van der Waals surface area contributed by atoms with E-state index in [1.807, 2.05) is 11.5 Å². The summed E-state index contributed by atoms with van der Waals surface area (Å²) in [6, 6.07) is 2.49. The second-order valence-electron chi connectivity index (χ2n) is 8.62. The first-order chi connectivity index (χ1) is 16.1. The summed E-state index contributed by atoms with van der Waals surface area (Å²) in [4.78, 5) is 25.3. The highest BCUT2D eigenvalue weighted by atomic mass is 35.5. The third kappa shape index (κ3) is 4.66. The van der Waals surface area contributed by atoms with Gasteiger partial charge in [0.15, 0.2) is 5.65 Å². The molecule has 1 aromatic carbocycles. The van der Waals surface area contributed by atoms with Crippen LogP contribution in [-0.2, 0) is 4.79 Å². The van der Waals surface area contributed by atoms with Crippen molar-refractivity contribution in [2.75, 3.05) is 17.2 Å². The first kappa shape index (κ1) is 24.2. The van der Waals surface area contributed by atoms with Gasteiger partial charge in [0.05, 0.1) is 23.5 Å². The van der Waals surface area contributed by atoms with Crippen molar-refractivity contribution in [3.63, 3.8) is 0 Å². The molecule has 0 aliphatic heterocycles. The van der Waals surface area contributed by atoms with Crippen molar-refractivity contribution in [2.24, 2.45) is 11.1 Å². The Morgan fingerprint density at radius 2 is 2.06 bits per heavy atom. The highest BCUT2D eigenvalue weighted by molar-refractivity contribution is 6.36. The van der Waals surface area contributed by atoms with Gasteiger partial charge in [0.1, 0.15) is 11.3 Å². The van der Waals surface area contributed by atoms with Gasteiger partial charge < -0.3 is 21.5 Å². The van der Waals surface area contributed by atoms with E-state index in [1.165, 1.54) is 12.3 Å². The Kier molecular flexibility index (Phi) is 6.66. The molecule has 0 unspecified atom stereocenters. The van der Waals surface area contributed by atoms with E-state index < -0.39 is 11.2 Å². The number of imidazole rings is 1. The number of aromatic nitrogens is 4. The number of aliphatic hydroxyl groups excluding tert-OH is 1. The van der Waals surface area contributed by atoms with Crippen LogP contribution in [0, 0.1) is 11.2 Å². The summed E-state index contributed by atoms with van der Waals surface area (Å²) in [5.74, 6) is -0.411. The molecule has 2 aromatic heterocycles. The lowest BCUT2D eigenvalue weighted by molar-refractivity contribution is -0.128. The summed E-state index contributed by atoms with van der Waals surface area (Å²) >= 11 is 12.2. The van der Waals surface area contributed by atoms with Crippen LogP contribution in [0.2, 0.25) is 10.0 Å². The van der Waals surface area contributed by atoms with Crippen LogP contribution >= 0.6 is 23.2 Å². The minimum absolute atomic E-state index is 0.0281. The minimum atomic E-state index is -0.631. The van der Waals surface area contributed by atoms with Gasteiger partial charge in [-0.1, -0.05) is 36.7 Å². The van der Waals surface area contributed by atoms with Gasteiger partial charge in [0.2, 0.25) is 17.8 Å².